The van der Waals surface area contributed by atoms with Gasteiger partial charge < -0.3 is 10.1 Å². The first-order valence-corrected chi connectivity index (χ1v) is 11.6. The standard InChI is InChI=1S/C18H22Cl2N5O6P/c1-28-32(27,29-2)31-8-7-30-6-5-25-16-15(11-22-25)23-18(24-17(16)26)21-10-12-3-4-13(19)14(20)9-12/h3-4,9,11H,5-8,10H2,1-2H3,(H2,21,23,24,26). The number of nitrogens with one attached hydrogen (secondary N) is 2. The minimum absolute atomic E-state index is 0.0226. The Kier molecular flexibility index (Phi) is 8.66. The molecule has 11 nitrogen and oxygen atoms in total. The van der Waals surface area contributed by atoms with Crippen molar-refractivity contribution < 1.29 is 22.9 Å². The van der Waals surface area contributed by atoms with E-state index in [1.54, 1.807) is 12.1 Å². The molecule has 2 N–H and O–H groups in total. The number of anilines is 1. The van der Waals surface area contributed by atoms with Crippen LogP contribution in [0, 0.1) is 0 Å². The Hall–Kier alpha value is -1.98. The van der Waals surface area contributed by atoms with Crippen LogP contribution in [0.1, 0.15) is 5.56 Å². The van der Waals surface area contributed by atoms with Gasteiger partial charge in [-0.15, -0.1) is 0 Å². The molecule has 14 heteroatoms. The molecule has 0 fully saturated rings. The lowest BCUT2D eigenvalue weighted by molar-refractivity contribution is 0.0722. The first-order valence-electron chi connectivity index (χ1n) is 9.42. The van der Waals surface area contributed by atoms with Gasteiger partial charge in [0.05, 0.1) is 42.6 Å². The summed E-state index contributed by atoms with van der Waals surface area (Å²) in [4.78, 5) is 19.6. The fourth-order valence-electron chi connectivity index (χ4n) is 2.74. The van der Waals surface area contributed by atoms with Crippen molar-refractivity contribution in [2.75, 3.05) is 39.4 Å². The Morgan fingerprint density at radius 3 is 2.66 bits per heavy atom. The maximum Gasteiger partial charge on any atom is 0.474 e. The van der Waals surface area contributed by atoms with Crippen LogP contribution in [0.4, 0.5) is 5.95 Å². The van der Waals surface area contributed by atoms with Crippen LogP contribution < -0.4 is 10.9 Å². The highest BCUT2D eigenvalue weighted by Gasteiger charge is 2.22. The fraction of sp³-hybridized carbons (Fsp3) is 0.389. The zero-order valence-corrected chi connectivity index (χ0v) is 19.7. The minimum Gasteiger partial charge on any atom is -0.377 e. The maximum atomic E-state index is 12.5. The molecule has 0 aliphatic carbocycles. The van der Waals surface area contributed by atoms with E-state index in [1.165, 1.54) is 25.1 Å². The van der Waals surface area contributed by atoms with Crippen molar-refractivity contribution in [2.45, 2.75) is 13.1 Å². The van der Waals surface area contributed by atoms with E-state index in [1.807, 2.05) is 6.07 Å². The molecular weight excluding hydrogens is 484 g/mol. The molecule has 0 saturated carbocycles. The van der Waals surface area contributed by atoms with Crippen molar-refractivity contribution in [1.29, 1.82) is 0 Å². The summed E-state index contributed by atoms with van der Waals surface area (Å²) in [5.74, 6) is 0.308. The van der Waals surface area contributed by atoms with E-state index < -0.39 is 7.82 Å². The number of benzene rings is 1. The summed E-state index contributed by atoms with van der Waals surface area (Å²) in [6, 6.07) is 5.26. The van der Waals surface area contributed by atoms with Gasteiger partial charge in [0, 0.05) is 20.8 Å². The van der Waals surface area contributed by atoms with E-state index in [0.29, 0.717) is 40.1 Å². The summed E-state index contributed by atoms with van der Waals surface area (Å²) >= 11 is 11.9. The molecule has 0 spiro atoms. The van der Waals surface area contributed by atoms with Gasteiger partial charge in [0.25, 0.3) is 5.56 Å². The first-order chi connectivity index (χ1) is 15.3. The van der Waals surface area contributed by atoms with Crippen LogP contribution in [0.2, 0.25) is 10.0 Å². The van der Waals surface area contributed by atoms with Crippen molar-refractivity contribution in [2.24, 2.45) is 0 Å². The van der Waals surface area contributed by atoms with Crippen molar-refractivity contribution >= 4 is 48.0 Å². The van der Waals surface area contributed by atoms with Crippen molar-refractivity contribution in [1.82, 2.24) is 19.7 Å². The first kappa shape index (κ1) is 24.7. The zero-order valence-electron chi connectivity index (χ0n) is 17.3. The zero-order chi connectivity index (χ0) is 23.1. The third-order valence-electron chi connectivity index (χ3n) is 4.32. The van der Waals surface area contributed by atoms with Crippen molar-refractivity contribution in [3.8, 4) is 0 Å². The van der Waals surface area contributed by atoms with E-state index in [2.05, 4.69) is 29.4 Å². The normalized spacial score (nSPS) is 11.9. The van der Waals surface area contributed by atoms with Gasteiger partial charge in [0.1, 0.15) is 5.52 Å². The molecule has 0 aliphatic rings. The van der Waals surface area contributed by atoms with Gasteiger partial charge in [-0.25, -0.2) is 9.55 Å². The number of H-pyrrole nitrogens is 1. The molecule has 0 saturated heterocycles. The number of aromatic amines is 1. The Balaban J connectivity index is 1.54. The van der Waals surface area contributed by atoms with Crippen LogP contribution in [0.3, 0.4) is 0 Å². The molecule has 0 atom stereocenters. The van der Waals surface area contributed by atoms with Gasteiger partial charge in [0.2, 0.25) is 5.95 Å². The molecule has 3 aromatic rings. The van der Waals surface area contributed by atoms with Gasteiger partial charge in [-0.05, 0) is 17.7 Å². The number of fused-ring (bicyclic) bond motifs is 1. The largest absolute Gasteiger partial charge is 0.474 e. The summed E-state index contributed by atoms with van der Waals surface area (Å²) in [5, 5.41) is 8.17. The smallest absolute Gasteiger partial charge is 0.377 e. The highest BCUT2D eigenvalue weighted by atomic mass is 35.5. The monoisotopic (exact) mass is 505 g/mol. The van der Waals surface area contributed by atoms with Gasteiger partial charge in [-0.3, -0.25) is 28.0 Å². The highest BCUT2D eigenvalue weighted by molar-refractivity contribution is 7.48. The molecule has 2 aromatic heterocycles. The Labute approximate surface area is 193 Å². The summed E-state index contributed by atoms with van der Waals surface area (Å²) in [5.41, 5.74) is 1.31. The lowest BCUT2D eigenvalue weighted by Gasteiger charge is -2.13. The van der Waals surface area contributed by atoms with Gasteiger partial charge in [-0.1, -0.05) is 29.3 Å². The second-order valence-electron chi connectivity index (χ2n) is 6.38. The number of ether oxygens (including phenoxy) is 1. The Morgan fingerprint density at radius 2 is 1.94 bits per heavy atom. The number of aromatic nitrogens is 4. The van der Waals surface area contributed by atoms with E-state index in [4.69, 9.17) is 32.5 Å². The maximum absolute atomic E-state index is 12.5. The Bertz CT molecular complexity index is 1160. The van der Waals surface area contributed by atoms with E-state index in [0.717, 1.165) is 5.56 Å². The number of nitrogens with zero attached hydrogens (tertiary/aromatic N) is 3. The number of hydrogen-bond donors (Lipinski definition) is 2. The molecule has 174 valence electrons. The predicted octanol–water partition coefficient (Wildman–Crippen LogP) is 3.47. The number of phosphoric acid groups is 1. The van der Waals surface area contributed by atoms with Gasteiger partial charge in [-0.2, -0.15) is 5.10 Å². The second kappa shape index (κ2) is 11.2. The molecule has 0 aliphatic heterocycles. The molecule has 0 unspecified atom stereocenters. The van der Waals surface area contributed by atoms with E-state index >= 15 is 0 Å². The number of phosphoric ester groups is 1. The predicted molar refractivity (Wildman–Crippen MR) is 120 cm³/mol. The summed E-state index contributed by atoms with van der Waals surface area (Å²) in [6.07, 6.45) is 1.51. The molecule has 32 heavy (non-hydrogen) atoms. The van der Waals surface area contributed by atoms with Crippen LogP contribution in [-0.2, 0) is 36.0 Å². The summed E-state index contributed by atoms with van der Waals surface area (Å²) in [6.45, 7) is 1.15. The second-order valence-corrected chi connectivity index (χ2v) is 9.07. The van der Waals surface area contributed by atoms with Crippen molar-refractivity contribution in [3.63, 3.8) is 0 Å². The molecule has 0 bridgehead atoms. The number of hydrogen-bond acceptors (Lipinski definition) is 9. The van der Waals surface area contributed by atoms with E-state index in [9.17, 15) is 9.36 Å². The quantitative estimate of drug-likeness (QED) is 0.280. The molecule has 1 aromatic carbocycles. The van der Waals surface area contributed by atoms with Crippen LogP contribution in [0.25, 0.3) is 11.0 Å². The van der Waals surface area contributed by atoms with Gasteiger partial charge >= 0.3 is 7.82 Å². The molecule has 2 heterocycles. The molecular formula is C18H22Cl2N5O6P. The lowest BCUT2D eigenvalue weighted by Crippen LogP contribution is -2.18. The number of halogens is 2. The van der Waals surface area contributed by atoms with Crippen LogP contribution >= 0.6 is 31.0 Å². The Morgan fingerprint density at radius 1 is 1.16 bits per heavy atom. The van der Waals surface area contributed by atoms with Crippen LogP contribution in [0.5, 0.6) is 0 Å². The highest BCUT2D eigenvalue weighted by Crippen LogP contribution is 2.47. The van der Waals surface area contributed by atoms with Gasteiger partial charge in [0.15, 0.2) is 5.52 Å². The molecule has 0 amide bonds. The topological polar surface area (TPSA) is 130 Å². The molecule has 0 radical (unpaired) electrons. The summed E-state index contributed by atoms with van der Waals surface area (Å²) < 4.78 is 33.0. The van der Waals surface area contributed by atoms with Crippen LogP contribution in [-0.4, -0.2) is 53.8 Å². The average Bonchev–Trinajstić information content (AvgIpc) is 3.20. The third-order valence-corrected chi connectivity index (χ3v) is 6.45. The SMILES string of the molecule is COP(=O)(OC)OCCOCCn1ncc2nc(NCc3ccc(Cl)c(Cl)c3)[nH]c(=O)c21. The number of rotatable bonds is 12. The van der Waals surface area contributed by atoms with Crippen LogP contribution in [0.15, 0.2) is 29.2 Å². The van der Waals surface area contributed by atoms with E-state index in [-0.39, 0.29) is 25.4 Å². The fourth-order valence-corrected chi connectivity index (χ4v) is 3.71. The minimum atomic E-state index is -3.52. The average molecular weight is 506 g/mol. The lowest BCUT2D eigenvalue weighted by atomic mass is 10.2. The third kappa shape index (κ3) is 6.29. The summed E-state index contributed by atoms with van der Waals surface area (Å²) in [7, 11) is -1.06. The van der Waals surface area contributed by atoms with Crippen molar-refractivity contribution in [3.05, 3.63) is 50.4 Å². The molecule has 3 rings (SSSR count).